The van der Waals surface area contributed by atoms with Crippen LogP contribution in [0.1, 0.15) is 40.5 Å². The Morgan fingerprint density at radius 3 is 2.24 bits per heavy atom. The van der Waals surface area contributed by atoms with E-state index >= 15 is 0 Å². The lowest BCUT2D eigenvalue weighted by Crippen LogP contribution is -2.02. The van der Waals surface area contributed by atoms with Gasteiger partial charge in [-0.15, -0.1) is 0 Å². The van der Waals surface area contributed by atoms with E-state index in [9.17, 15) is 0 Å². The van der Waals surface area contributed by atoms with Crippen molar-refractivity contribution < 1.29 is 0 Å². The Hall–Kier alpha value is -1.89. The van der Waals surface area contributed by atoms with Gasteiger partial charge in [0.1, 0.15) is 0 Å². The average molecular weight is 285 g/mol. The molecule has 0 aliphatic carbocycles. The molecule has 21 heavy (non-hydrogen) atoms. The van der Waals surface area contributed by atoms with Crippen molar-refractivity contribution >= 4 is 5.71 Å². The fourth-order valence-corrected chi connectivity index (χ4v) is 1.58. The first-order chi connectivity index (χ1) is 10.2. The van der Waals surface area contributed by atoms with Crippen LogP contribution in [0.15, 0.2) is 77.9 Å². The first-order valence-electron chi connectivity index (χ1n) is 7.63. The molecule has 116 valence electrons. The molecule has 0 aliphatic rings. The molecule has 1 nitrogen and oxygen atoms in total. The van der Waals surface area contributed by atoms with Gasteiger partial charge in [0.15, 0.2) is 0 Å². The highest BCUT2D eigenvalue weighted by atomic mass is 14.7. The minimum absolute atomic E-state index is 0.776. The zero-order valence-electron chi connectivity index (χ0n) is 14.4. The molecule has 0 spiro atoms. The predicted molar refractivity (Wildman–Crippen MR) is 100 cm³/mol. The van der Waals surface area contributed by atoms with E-state index in [0.717, 1.165) is 29.7 Å². The number of nitrogens with zero attached hydrogens (tertiary/aromatic N) is 1. The summed E-state index contributed by atoms with van der Waals surface area (Å²) in [5.74, 6) is 0. The monoisotopic (exact) mass is 285 g/mol. The van der Waals surface area contributed by atoms with Crippen LogP contribution >= 0.6 is 0 Å². The lowest BCUT2D eigenvalue weighted by Gasteiger charge is -2.07. The minimum atomic E-state index is 0.776. The number of hydrogen-bond donors (Lipinski definition) is 0. The molecule has 0 rings (SSSR count). The summed E-state index contributed by atoms with van der Waals surface area (Å²) in [4.78, 5) is 4.38. The molecular formula is C20H31N. The van der Waals surface area contributed by atoms with Crippen molar-refractivity contribution in [1.29, 1.82) is 0 Å². The van der Waals surface area contributed by atoms with E-state index in [1.165, 1.54) is 0 Å². The molecule has 0 radical (unpaired) electrons. The Balaban J connectivity index is 0. The Morgan fingerprint density at radius 2 is 1.81 bits per heavy atom. The SMILES string of the molecule is C=C/C=C(\C=C/C)C(C/C(C=C)=C/C=C\CC)=NC.CC. The van der Waals surface area contributed by atoms with Gasteiger partial charge in [-0.3, -0.25) is 4.99 Å². The van der Waals surface area contributed by atoms with Gasteiger partial charge in [0.05, 0.1) is 0 Å². The van der Waals surface area contributed by atoms with E-state index in [0.29, 0.717) is 0 Å². The van der Waals surface area contributed by atoms with Crippen molar-refractivity contribution in [2.45, 2.75) is 40.5 Å². The molecule has 0 amide bonds. The van der Waals surface area contributed by atoms with Crippen LogP contribution in [0.3, 0.4) is 0 Å². The molecule has 0 bridgehead atoms. The minimum Gasteiger partial charge on any atom is -0.292 e. The fourth-order valence-electron chi connectivity index (χ4n) is 1.58. The highest BCUT2D eigenvalue weighted by Crippen LogP contribution is 2.12. The Labute approximate surface area is 131 Å². The summed E-state index contributed by atoms with van der Waals surface area (Å²) in [7, 11) is 1.82. The molecule has 0 N–H and O–H groups in total. The van der Waals surface area contributed by atoms with Crippen LogP contribution in [0.25, 0.3) is 0 Å². The van der Waals surface area contributed by atoms with Crippen LogP contribution < -0.4 is 0 Å². The van der Waals surface area contributed by atoms with Gasteiger partial charge in [-0.2, -0.15) is 0 Å². The molecule has 0 aromatic heterocycles. The number of hydrogen-bond acceptors (Lipinski definition) is 1. The van der Waals surface area contributed by atoms with Gasteiger partial charge in [-0.25, -0.2) is 0 Å². The van der Waals surface area contributed by atoms with Crippen molar-refractivity contribution in [1.82, 2.24) is 0 Å². The molecule has 1 heteroatoms. The summed E-state index contributed by atoms with van der Waals surface area (Å²) in [5, 5.41) is 0. The average Bonchev–Trinajstić information content (AvgIpc) is 2.52. The van der Waals surface area contributed by atoms with Gasteiger partial charge in [-0.1, -0.05) is 82.5 Å². The van der Waals surface area contributed by atoms with E-state index in [2.05, 4.69) is 43.3 Å². The predicted octanol–water partition coefficient (Wildman–Crippen LogP) is 6.24. The van der Waals surface area contributed by atoms with E-state index in [1.54, 1.807) is 6.08 Å². The quantitative estimate of drug-likeness (QED) is 0.370. The van der Waals surface area contributed by atoms with Gasteiger partial charge >= 0.3 is 0 Å². The number of allylic oxidation sites excluding steroid dienone is 10. The molecule has 0 saturated carbocycles. The maximum absolute atomic E-state index is 4.38. The van der Waals surface area contributed by atoms with E-state index in [-0.39, 0.29) is 0 Å². The summed E-state index contributed by atoms with van der Waals surface area (Å²) in [6.07, 6.45) is 17.8. The van der Waals surface area contributed by atoms with Crippen LogP contribution in [-0.4, -0.2) is 12.8 Å². The lowest BCUT2D eigenvalue weighted by atomic mass is 10.0. The van der Waals surface area contributed by atoms with Crippen LogP contribution in [-0.2, 0) is 0 Å². The second-order valence-corrected chi connectivity index (χ2v) is 3.99. The van der Waals surface area contributed by atoms with Crippen LogP contribution in [0.4, 0.5) is 0 Å². The van der Waals surface area contributed by atoms with Crippen LogP contribution in [0.5, 0.6) is 0 Å². The zero-order valence-corrected chi connectivity index (χ0v) is 14.4. The number of aliphatic imine (C=N–C) groups is 1. The van der Waals surface area contributed by atoms with E-state index < -0.39 is 0 Å². The molecule has 0 heterocycles. The van der Waals surface area contributed by atoms with Gasteiger partial charge in [0.2, 0.25) is 0 Å². The van der Waals surface area contributed by atoms with Crippen molar-refractivity contribution in [2.24, 2.45) is 4.99 Å². The van der Waals surface area contributed by atoms with Crippen molar-refractivity contribution in [3.63, 3.8) is 0 Å². The van der Waals surface area contributed by atoms with Gasteiger partial charge < -0.3 is 0 Å². The first-order valence-corrected chi connectivity index (χ1v) is 7.63. The second-order valence-electron chi connectivity index (χ2n) is 3.99. The molecule has 0 aromatic rings. The lowest BCUT2D eigenvalue weighted by molar-refractivity contribution is 1.22. The first kappa shape index (κ1) is 21.4. The largest absolute Gasteiger partial charge is 0.292 e. The standard InChI is InChI=1S/C18H25N.C2H6/c1-6-10-11-14-16(9-4)15-18(19-5)17(12-7-2)13-8-3;1-2/h7-14H,2,4,6,15H2,1,3,5H3;1-2H3/b11-10-,13-8-,16-14+,17-12+,19-18?;. The molecule has 0 atom stereocenters. The highest BCUT2D eigenvalue weighted by molar-refractivity contribution is 6.04. The summed E-state index contributed by atoms with van der Waals surface area (Å²) in [6.45, 7) is 15.7. The topological polar surface area (TPSA) is 12.4 Å². The molecule has 0 unspecified atom stereocenters. The van der Waals surface area contributed by atoms with Crippen LogP contribution in [0, 0.1) is 0 Å². The summed E-state index contributed by atoms with van der Waals surface area (Å²) < 4.78 is 0. The van der Waals surface area contributed by atoms with Crippen LogP contribution in [0.2, 0.25) is 0 Å². The third-order valence-electron chi connectivity index (χ3n) is 2.56. The Morgan fingerprint density at radius 1 is 1.14 bits per heavy atom. The van der Waals surface area contributed by atoms with Gasteiger partial charge in [-0.05, 0) is 24.5 Å². The highest BCUT2D eigenvalue weighted by Gasteiger charge is 2.04. The Bertz CT molecular complexity index is 429. The maximum Gasteiger partial charge on any atom is 0.0460 e. The van der Waals surface area contributed by atoms with E-state index in [4.69, 9.17) is 0 Å². The summed E-state index contributed by atoms with van der Waals surface area (Å²) in [5.41, 5.74) is 3.28. The van der Waals surface area contributed by atoms with Crippen molar-refractivity contribution in [3.8, 4) is 0 Å². The van der Waals surface area contributed by atoms with Crippen molar-refractivity contribution in [3.05, 3.63) is 72.9 Å². The molecule has 0 aliphatic heterocycles. The summed E-state index contributed by atoms with van der Waals surface area (Å²) in [6, 6.07) is 0. The molecular weight excluding hydrogens is 254 g/mol. The van der Waals surface area contributed by atoms with E-state index in [1.807, 2.05) is 52.1 Å². The third kappa shape index (κ3) is 10.5. The second kappa shape index (κ2) is 16.2. The third-order valence-corrected chi connectivity index (χ3v) is 2.56. The maximum atomic E-state index is 4.38. The normalized spacial score (nSPS) is 13.3. The smallest absolute Gasteiger partial charge is 0.0460 e. The molecule has 0 fully saturated rings. The van der Waals surface area contributed by atoms with Gasteiger partial charge in [0.25, 0.3) is 0 Å². The van der Waals surface area contributed by atoms with Crippen molar-refractivity contribution in [2.75, 3.05) is 7.05 Å². The fraction of sp³-hybridized carbons (Fsp3) is 0.350. The molecule has 0 aromatic carbocycles. The Kier molecular flexibility index (Phi) is 16.5. The summed E-state index contributed by atoms with van der Waals surface area (Å²) >= 11 is 0. The van der Waals surface area contributed by atoms with Gasteiger partial charge in [0, 0.05) is 19.2 Å². The number of rotatable bonds is 8. The molecule has 0 saturated heterocycles. The zero-order chi connectivity index (χ0) is 16.5.